The van der Waals surface area contributed by atoms with E-state index in [-0.39, 0.29) is 5.91 Å². The first kappa shape index (κ1) is 17.4. The molecule has 1 fully saturated rings. The number of rotatable bonds is 5. The number of nitrogens with zero attached hydrogens (tertiary/aromatic N) is 4. The van der Waals surface area contributed by atoms with Crippen molar-refractivity contribution >= 4 is 17.4 Å². The third-order valence-corrected chi connectivity index (χ3v) is 4.65. The van der Waals surface area contributed by atoms with Crippen LogP contribution in [0.1, 0.15) is 29.9 Å². The minimum atomic E-state index is -0.0382. The van der Waals surface area contributed by atoms with Crippen molar-refractivity contribution in [3.63, 3.8) is 0 Å². The highest BCUT2D eigenvalue weighted by atomic mass is 16.2. The van der Waals surface area contributed by atoms with Crippen molar-refractivity contribution in [2.24, 2.45) is 0 Å². The van der Waals surface area contributed by atoms with Gasteiger partial charge < -0.3 is 15.1 Å². The Hall–Kier alpha value is -2.47. The Kier molecular flexibility index (Phi) is 5.60. The number of nitrogens with one attached hydrogen (secondary N) is 1. The first-order valence-corrected chi connectivity index (χ1v) is 8.91. The molecule has 6 nitrogen and oxygen atoms in total. The Bertz CT molecular complexity index is 708. The fourth-order valence-corrected chi connectivity index (χ4v) is 3.03. The average molecular weight is 339 g/mol. The lowest BCUT2D eigenvalue weighted by molar-refractivity contribution is 0.0636. The summed E-state index contributed by atoms with van der Waals surface area (Å²) in [6.45, 7) is 8.63. The lowest BCUT2D eigenvalue weighted by Crippen LogP contribution is -2.48. The zero-order valence-corrected chi connectivity index (χ0v) is 14.9. The molecule has 0 spiro atoms. The number of likely N-dealkylation sites (N-methyl/N-ethyl adjacent to an activating group) is 1. The van der Waals surface area contributed by atoms with Crippen LogP contribution in [-0.2, 0) is 6.42 Å². The molecule has 1 aromatic heterocycles. The van der Waals surface area contributed by atoms with Crippen LogP contribution in [0, 0.1) is 0 Å². The van der Waals surface area contributed by atoms with E-state index in [9.17, 15) is 4.79 Å². The monoisotopic (exact) mass is 339 g/mol. The minimum absolute atomic E-state index is 0.0382. The fraction of sp³-hybridized carbons (Fsp3) is 0.421. The molecule has 0 saturated carbocycles. The van der Waals surface area contributed by atoms with Gasteiger partial charge in [0.05, 0.1) is 0 Å². The number of anilines is 2. The van der Waals surface area contributed by atoms with Gasteiger partial charge in [0.15, 0.2) is 11.5 Å². The molecule has 6 heteroatoms. The maximum atomic E-state index is 12.5. The molecule has 1 aromatic carbocycles. The van der Waals surface area contributed by atoms with E-state index in [0.717, 1.165) is 44.8 Å². The zero-order chi connectivity index (χ0) is 17.6. The third kappa shape index (κ3) is 4.14. The Labute approximate surface area is 148 Å². The molecule has 0 radical (unpaired) electrons. The predicted molar refractivity (Wildman–Crippen MR) is 99.2 cm³/mol. The van der Waals surface area contributed by atoms with Crippen LogP contribution in [0.4, 0.5) is 11.5 Å². The van der Waals surface area contributed by atoms with E-state index in [1.54, 1.807) is 6.07 Å². The summed E-state index contributed by atoms with van der Waals surface area (Å²) < 4.78 is 0. The van der Waals surface area contributed by atoms with Crippen LogP contribution in [0.25, 0.3) is 0 Å². The summed E-state index contributed by atoms with van der Waals surface area (Å²) in [7, 11) is 0. The molecule has 1 saturated heterocycles. The molecule has 3 rings (SSSR count). The summed E-state index contributed by atoms with van der Waals surface area (Å²) in [4.78, 5) is 16.7. The maximum Gasteiger partial charge on any atom is 0.274 e. The molecular weight excluding hydrogens is 314 g/mol. The van der Waals surface area contributed by atoms with Crippen LogP contribution < -0.4 is 5.32 Å². The Morgan fingerprint density at radius 1 is 1.04 bits per heavy atom. The van der Waals surface area contributed by atoms with Crippen LogP contribution in [0.15, 0.2) is 36.4 Å². The summed E-state index contributed by atoms with van der Waals surface area (Å²) >= 11 is 0. The Balaban J connectivity index is 1.65. The first-order valence-electron chi connectivity index (χ1n) is 8.91. The van der Waals surface area contributed by atoms with Crippen LogP contribution in [0.5, 0.6) is 0 Å². The largest absolute Gasteiger partial charge is 0.339 e. The number of benzene rings is 1. The maximum absolute atomic E-state index is 12.5. The van der Waals surface area contributed by atoms with E-state index in [0.29, 0.717) is 11.5 Å². The van der Waals surface area contributed by atoms with Crippen LogP contribution in [0.2, 0.25) is 0 Å². The molecule has 2 aromatic rings. The zero-order valence-electron chi connectivity index (χ0n) is 14.9. The Morgan fingerprint density at radius 2 is 1.80 bits per heavy atom. The van der Waals surface area contributed by atoms with E-state index in [1.807, 2.05) is 29.2 Å². The lowest BCUT2D eigenvalue weighted by Gasteiger charge is -2.33. The standard InChI is InChI=1S/C19H25N5O/c1-3-15-7-5-6-8-16(15)20-18-10-9-17(21-22-18)19(25)24-13-11-23(4-2)12-14-24/h5-10H,3-4,11-14H2,1-2H3,(H,20,22). The Morgan fingerprint density at radius 3 is 2.44 bits per heavy atom. The van der Waals surface area contributed by atoms with E-state index in [4.69, 9.17) is 0 Å². The number of para-hydroxylation sites is 1. The molecule has 25 heavy (non-hydrogen) atoms. The van der Waals surface area contributed by atoms with Gasteiger partial charge in [-0.15, -0.1) is 10.2 Å². The van der Waals surface area contributed by atoms with Gasteiger partial charge in [0.2, 0.25) is 0 Å². The molecule has 1 aliphatic heterocycles. The second kappa shape index (κ2) is 8.07. The van der Waals surface area contributed by atoms with Crippen molar-refractivity contribution in [3.8, 4) is 0 Å². The highest BCUT2D eigenvalue weighted by molar-refractivity contribution is 5.92. The van der Waals surface area contributed by atoms with Gasteiger partial charge in [-0.1, -0.05) is 32.0 Å². The second-order valence-electron chi connectivity index (χ2n) is 6.17. The van der Waals surface area contributed by atoms with Crippen molar-refractivity contribution in [3.05, 3.63) is 47.7 Å². The highest BCUT2D eigenvalue weighted by Gasteiger charge is 2.22. The summed E-state index contributed by atoms with van der Waals surface area (Å²) in [6, 6.07) is 11.7. The summed E-state index contributed by atoms with van der Waals surface area (Å²) in [5, 5.41) is 11.6. The van der Waals surface area contributed by atoms with Gasteiger partial charge in [-0.3, -0.25) is 4.79 Å². The molecule has 132 valence electrons. The van der Waals surface area contributed by atoms with Crippen LogP contribution >= 0.6 is 0 Å². The summed E-state index contributed by atoms with van der Waals surface area (Å²) in [5.41, 5.74) is 2.64. The smallest absolute Gasteiger partial charge is 0.274 e. The summed E-state index contributed by atoms with van der Waals surface area (Å²) in [6.07, 6.45) is 0.941. The number of hydrogen-bond acceptors (Lipinski definition) is 5. The van der Waals surface area contributed by atoms with Crippen molar-refractivity contribution in [1.29, 1.82) is 0 Å². The average Bonchev–Trinajstić information content (AvgIpc) is 2.68. The van der Waals surface area contributed by atoms with Gasteiger partial charge in [-0.05, 0) is 36.7 Å². The number of carbonyl (C=O) groups excluding carboxylic acids is 1. The molecule has 1 amide bonds. The molecule has 1 N–H and O–H groups in total. The normalized spacial score (nSPS) is 15.2. The van der Waals surface area contributed by atoms with E-state index < -0.39 is 0 Å². The summed E-state index contributed by atoms with van der Waals surface area (Å²) in [5.74, 6) is 0.608. The number of amides is 1. The topological polar surface area (TPSA) is 61.4 Å². The molecule has 1 aliphatic rings. The van der Waals surface area contributed by atoms with Crippen LogP contribution in [0.3, 0.4) is 0 Å². The molecule has 2 heterocycles. The number of aryl methyl sites for hydroxylation is 1. The van der Waals surface area contributed by atoms with Gasteiger partial charge in [0, 0.05) is 31.9 Å². The van der Waals surface area contributed by atoms with E-state index >= 15 is 0 Å². The molecule has 0 atom stereocenters. The van der Waals surface area contributed by atoms with E-state index in [1.165, 1.54) is 5.56 Å². The lowest BCUT2D eigenvalue weighted by atomic mass is 10.1. The SMILES string of the molecule is CCc1ccccc1Nc1ccc(C(=O)N2CCN(CC)CC2)nn1. The van der Waals surface area contributed by atoms with Crippen molar-refractivity contribution in [2.45, 2.75) is 20.3 Å². The minimum Gasteiger partial charge on any atom is -0.339 e. The number of aromatic nitrogens is 2. The third-order valence-electron chi connectivity index (χ3n) is 4.65. The van der Waals surface area contributed by atoms with Gasteiger partial charge >= 0.3 is 0 Å². The van der Waals surface area contributed by atoms with E-state index in [2.05, 4.69) is 40.3 Å². The molecule has 0 aliphatic carbocycles. The fourth-order valence-electron chi connectivity index (χ4n) is 3.03. The van der Waals surface area contributed by atoms with Crippen molar-refractivity contribution in [2.75, 3.05) is 38.0 Å². The predicted octanol–water partition coefficient (Wildman–Crippen LogP) is 2.56. The van der Waals surface area contributed by atoms with Gasteiger partial charge in [-0.2, -0.15) is 0 Å². The van der Waals surface area contributed by atoms with Crippen LogP contribution in [-0.4, -0.2) is 58.6 Å². The second-order valence-corrected chi connectivity index (χ2v) is 6.17. The molecule has 0 unspecified atom stereocenters. The van der Waals surface area contributed by atoms with Gasteiger partial charge in [-0.25, -0.2) is 0 Å². The van der Waals surface area contributed by atoms with Gasteiger partial charge in [0.1, 0.15) is 0 Å². The highest BCUT2D eigenvalue weighted by Crippen LogP contribution is 2.19. The number of carbonyl (C=O) groups is 1. The first-order chi connectivity index (χ1) is 12.2. The van der Waals surface area contributed by atoms with Crippen molar-refractivity contribution in [1.82, 2.24) is 20.0 Å². The quantitative estimate of drug-likeness (QED) is 0.907. The molecule has 0 bridgehead atoms. The van der Waals surface area contributed by atoms with Crippen molar-refractivity contribution < 1.29 is 4.79 Å². The molecular formula is C19H25N5O. The number of hydrogen-bond donors (Lipinski definition) is 1. The van der Waals surface area contributed by atoms with Gasteiger partial charge in [0.25, 0.3) is 5.91 Å². The number of piperazine rings is 1.